The summed E-state index contributed by atoms with van der Waals surface area (Å²) < 4.78 is 15.1. The van der Waals surface area contributed by atoms with E-state index in [1.165, 1.54) is 6.42 Å². The number of pyridine rings is 1. The van der Waals surface area contributed by atoms with Crippen molar-refractivity contribution >= 4 is 34.3 Å². The lowest BCUT2D eigenvalue weighted by Crippen LogP contribution is -2.42. The van der Waals surface area contributed by atoms with E-state index in [4.69, 9.17) is 14.5 Å². The number of nitrogens with zero attached hydrogens (tertiary/aromatic N) is 4. The summed E-state index contributed by atoms with van der Waals surface area (Å²) in [6, 6.07) is 14.3. The molecule has 1 aliphatic carbocycles. The Morgan fingerprint density at radius 2 is 1.78 bits per heavy atom. The number of hydrogen-bond acceptors (Lipinski definition) is 8. The van der Waals surface area contributed by atoms with Crippen LogP contribution < -0.4 is 20.8 Å². The largest absolute Gasteiger partial charge is 0.406 e. The summed E-state index contributed by atoms with van der Waals surface area (Å²) >= 11 is 0. The second-order valence-electron chi connectivity index (χ2n) is 11.8. The summed E-state index contributed by atoms with van der Waals surface area (Å²) in [5.41, 5.74) is 9.74. The third kappa shape index (κ3) is 6.06. The summed E-state index contributed by atoms with van der Waals surface area (Å²) in [5.74, 6) is 0.991. The van der Waals surface area contributed by atoms with E-state index in [1.807, 2.05) is 59.6 Å². The van der Waals surface area contributed by atoms with Gasteiger partial charge >= 0.3 is 5.97 Å². The minimum Gasteiger partial charge on any atom is -0.406 e. The van der Waals surface area contributed by atoms with Crippen molar-refractivity contribution in [3.05, 3.63) is 60.7 Å². The molecule has 1 aliphatic heterocycles. The van der Waals surface area contributed by atoms with E-state index in [9.17, 15) is 9.59 Å². The number of fused-ring (bicyclic) bond motifs is 1. The molecule has 3 aromatic heterocycles. The van der Waals surface area contributed by atoms with Crippen LogP contribution in [-0.4, -0.2) is 78.4 Å². The molecule has 11 nitrogen and oxygen atoms in total. The molecular formula is C35H43N7O4. The summed E-state index contributed by atoms with van der Waals surface area (Å²) in [4.78, 5) is 33.0. The van der Waals surface area contributed by atoms with Crippen LogP contribution in [0.1, 0.15) is 43.6 Å². The number of morpholine rings is 1. The normalized spacial score (nSPS) is 15.5. The summed E-state index contributed by atoms with van der Waals surface area (Å²) in [7, 11) is 5.66. The summed E-state index contributed by atoms with van der Waals surface area (Å²) in [6.45, 7) is 5.76. The molecule has 4 heterocycles. The Labute approximate surface area is 269 Å². The number of amides is 1. The van der Waals surface area contributed by atoms with E-state index >= 15 is 0 Å². The first kappa shape index (κ1) is 31.2. The third-order valence-corrected chi connectivity index (χ3v) is 9.12. The van der Waals surface area contributed by atoms with Gasteiger partial charge in [0.05, 0.1) is 35.8 Å². The molecule has 6 rings (SSSR count). The fourth-order valence-corrected chi connectivity index (χ4v) is 6.80. The molecule has 11 heteroatoms. The zero-order valence-corrected chi connectivity index (χ0v) is 26.9. The van der Waals surface area contributed by atoms with Gasteiger partial charge in [-0.3, -0.25) is 4.79 Å². The zero-order chi connectivity index (χ0) is 32.2. The molecule has 0 atom stereocenters. The molecule has 0 spiro atoms. The SMILES string of the molecule is C=CC(=O)Oc1cc(C2CCCCC2)c(-c2ccc3nc(-c4c(NC)cc(NC)n4NC)ccc3c2)n1CC(=O)N1CCOCC1. The van der Waals surface area contributed by atoms with Crippen LogP contribution >= 0.6 is 0 Å². The number of hydrogen-bond donors (Lipinski definition) is 3. The number of ether oxygens (including phenoxy) is 2. The van der Waals surface area contributed by atoms with Gasteiger partial charge in [-0.25, -0.2) is 14.5 Å². The third-order valence-electron chi connectivity index (χ3n) is 9.12. The molecule has 1 aromatic carbocycles. The van der Waals surface area contributed by atoms with Crippen molar-refractivity contribution in [2.45, 2.75) is 44.6 Å². The quantitative estimate of drug-likeness (QED) is 0.158. The summed E-state index contributed by atoms with van der Waals surface area (Å²) in [5, 5.41) is 7.47. The number of benzene rings is 1. The molecule has 1 saturated heterocycles. The molecule has 0 radical (unpaired) electrons. The second-order valence-corrected chi connectivity index (χ2v) is 11.8. The van der Waals surface area contributed by atoms with E-state index in [0.29, 0.717) is 38.1 Å². The molecule has 0 unspecified atom stereocenters. The molecular weight excluding hydrogens is 582 g/mol. The first-order valence-corrected chi connectivity index (χ1v) is 16.1. The standard InChI is InChI=1S/C35H43N7O4/c1-5-33(44)46-32-20-26(23-9-7-6-8-10-23)34(41(32)22-31(43)40-15-17-45-18-16-40)25-12-13-27-24(19-25)11-14-28(39-27)35-29(36-2)21-30(37-3)42(35)38-4/h5,11-14,19-21,23,36-38H,1,6-10,15-18,22H2,2-4H3. The summed E-state index contributed by atoms with van der Waals surface area (Å²) in [6.07, 6.45) is 6.76. The molecule has 46 heavy (non-hydrogen) atoms. The highest BCUT2D eigenvalue weighted by Gasteiger charge is 2.29. The lowest BCUT2D eigenvalue weighted by Gasteiger charge is -2.28. The minimum atomic E-state index is -0.553. The fraction of sp³-hybridized carbons (Fsp3) is 0.400. The lowest BCUT2D eigenvalue weighted by molar-refractivity contribution is -0.136. The van der Waals surface area contributed by atoms with Gasteiger partial charge in [0.25, 0.3) is 0 Å². The number of nitrogens with one attached hydrogen (secondary N) is 3. The molecule has 242 valence electrons. The predicted octanol–water partition coefficient (Wildman–Crippen LogP) is 5.43. The Balaban J connectivity index is 1.46. The van der Waals surface area contributed by atoms with Crippen molar-refractivity contribution in [3.8, 4) is 28.5 Å². The molecule has 3 N–H and O–H groups in total. The second kappa shape index (κ2) is 13.7. The molecule has 4 aromatic rings. The van der Waals surface area contributed by atoms with Crippen molar-refractivity contribution in [3.63, 3.8) is 0 Å². The maximum Gasteiger partial charge on any atom is 0.336 e. The molecule has 1 amide bonds. The van der Waals surface area contributed by atoms with Crippen molar-refractivity contribution in [1.29, 1.82) is 0 Å². The topological polar surface area (TPSA) is 115 Å². The van der Waals surface area contributed by atoms with Crippen LogP contribution in [0.2, 0.25) is 0 Å². The maximum atomic E-state index is 13.6. The van der Waals surface area contributed by atoms with Crippen molar-refractivity contribution < 1.29 is 19.1 Å². The van der Waals surface area contributed by atoms with Gasteiger partial charge in [0.15, 0.2) is 0 Å². The number of carbonyl (C=O) groups is 2. The molecule has 2 aliphatic rings. The smallest absolute Gasteiger partial charge is 0.336 e. The minimum absolute atomic E-state index is 0.0350. The van der Waals surface area contributed by atoms with E-state index in [1.54, 1.807) is 0 Å². The zero-order valence-electron chi connectivity index (χ0n) is 26.9. The monoisotopic (exact) mass is 625 g/mol. The highest BCUT2D eigenvalue weighted by Crippen LogP contribution is 2.43. The lowest BCUT2D eigenvalue weighted by atomic mass is 9.83. The van der Waals surface area contributed by atoms with Crippen LogP contribution in [0.25, 0.3) is 33.5 Å². The maximum absolute atomic E-state index is 13.6. The number of rotatable bonds is 10. The highest BCUT2D eigenvalue weighted by molar-refractivity contribution is 5.89. The Hall–Kier alpha value is -4.77. The Morgan fingerprint density at radius 1 is 1.00 bits per heavy atom. The number of esters is 1. The van der Waals surface area contributed by atoms with E-state index < -0.39 is 5.97 Å². The Bertz CT molecular complexity index is 1750. The average Bonchev–Trinajstić information content (AvgIpc) is 3.65. The first-order valence-electron chi connectivity index (χ1n) is 16.1. The van der Waals surface area contributed by atoms with Crippen molar-refractivity contribution in [1.82, 2.24) is 19.1 Å². The van der Waals surface area contributed by atoms with Crippen LogP contribution in [0.3, 0.4) is 0 Å². The van der Waals surface area contributed by atoms with Gasteiger partial charge in [0.2, 0.25) is 11.8 Å². The van der Waals surface area contributed by atoms with Gasteiger partial charge < -0.3 is 35.0 Å². The van der Waals surface area contributed by atoms with E-state index in [2.05, 4.69) is 40.8 Å². The van der Waals surface area contributed by atoms with Gasteiger partial charge in [-0.2, -0.15) is 0 Å². The number of anilines is 2. The van der Waals surface area contributed by atoms with Crippen molar-refractivity contribution in [2.24, 2.45) is 0 Å². The predicted molar refractivity (Wildman–Crippen MR) is 182 cm³/mol. The highest BCUT2D eigenvalue weighted by atomic mass is 16.5. The Morgan fingerprint density at radius 3 is 2.48 bits per heavy atom. The molecule has 2 fully saturated rings. The fourth-order valence-electron chi connectivity index (χ4n) is 6.80. The van der Waals surface area contributed by atoms with Crippen molar-refractivity contribution in [2.75, 3.05) is 63.5 Å². The number of aromatic nitrogens is 3. The molecule has 1 saturated carbocycles. The first-order chi connectivity index (χ1) is 22.4. The van der Waals surface area contributed by atoms with Crippen LogP contribution in [0.5, 0.6) is 5.88 Å². The Kier molecular flexibility index (Phi) is 9.30. The van der Waals surface area contributed by atoms with Gasteiger partial charge in [0.1, 0.15) is 18.1 Å². The van der Waals surface area contributed by atoms with Crippen LogP contribution in [-0.2, 0) is 20.9 Å². The van der Waals surface area contributed by atoms with Gasteiger partial charge in [0, 0.05) is 57.8 Å². The van der Waals surface area contributed by atoms with Gasteiger partial charge in [-0.1, -0.05) is 38.0 Å². The van der Waals surface area contributed by atoms with Gasteiger partial charge in [-0.15, -0.1) is 0 Å². The van der Waals surface area contributed by atoms with Crippen LogP contribution in [0, 0.1) is 0 Å². The van der Waals surface area contributed by atoms with E-state index in [0.717, 1.165) is 82.4 Å². The average molecular weight is 626 g/mol. The van der Waals surface area contributed by atoms with Crippen LogP contribution in [0.4, 0.5) is 11.5 Å². The van der Waals surface area contributed by atoms with Crippen LogP contribution in [0.15, 0.2) is 55.1 Å². The molecule has 0 bridgehead atoms. The van der Waals surface area contributed by atoms with Gasteiger partial charge in [-0.05, 0) is 48.1 Å². The van der Waals surface area contributed by atoms with E-state index in [-0.39, 0.29) is 12.5 Å². The number of carbonyl (C=O) groups excluding carboxylic acids is 2.